The van der Waals surface area contributed by atoms with Crippen LogP contribution >= 0.6 is 0 Å². The Morgan fingerprint density at radius 3 is 2.59 bits per heavy atom. The molecule has 5 heteroatoms. The topological polar surface area (TPSA) is 77.2 Å². The highest BCUT2D eigenvalue weighted by Gasteiger charge is 2.28. The summed E-state index contributed by atoms with van der Waals surface area (Å²) >= 11 is 0. The van der Waals surface area contributed by atoms with Crippen LogP contribution in [0.25, 0.3) is 0 Å². The standard InChI is InChI=1S/C17H27N3O2/c1-17(2,3)22-16(21)20-14-8-6-12(7-9-14)15(18)13-5-4-10-19-11-13/h4-5,10-12,14-15H,6-9,18H2,1-3H3,(H,20,21). The maximum atomic E-state index is 11.8. The van der Waals surface area contributed by atoms with Gasteiger partial charge < -0.3 is 15.8 Å². The lowest BCUT2D eigenvalue weighted by Crippen LogP contribution is -2.41. The van der Waals surface area contributed by atoms with E-state index in [-0.39, 0.29) is 18.2 Å². The number of alkyl carbamates (subject to hydrolysis) is 1. The second-order valence-corrected chi connectivity index (χ2v) is 7.07. The van der Waals surface area contributed by atoms with Gasteiger partial charge in [0.15, 0.2) is 0 Å². The van der Waals surface area contributed by atoms with Crippen molar-refractivity contribution in [2.24, 2.45) is 11.7 Å². The van der Waals surface area contributed by atoms with Gasteiger partial charge in [-0.15, -0.1) is 0 Å². The van der Waals surface area contributed by atoms with Gasteiger partial charge in [-0.2, -0.15) is 0 Å². The largest absolute Gasteiger partial charge is 0.444 e. The Hall–Kier alpha value is -1.62. The zero-order chi connectivity index (χ0) is 16.2. The van der Waals surface area contributed by atoms with E-state index < -0.39 is 5.60 Å². The van der Waals surface area contributed by atoms with Crippen LogP contribution in [0.5, 0.6) is 0 Å². The summed E-state index contributed by atoms with van der Waals surface area (Å²) < 4.78 is 5.30. The summed E-state index contributed by atoms with van der Waals surface area (Å²) in [5, 5.41) is 2.96. The van der Waals surface area contributed by atoms with Crippen molar-refractivity contribution < 1.29 is 9.53 Å². The maximum Gasteiger partial charge on any atom is 0.407 e. The highest BCUT2D eigenvalue weighted by molar-refractivity contribution is 5.68. The van der Waals surface area contributed by atoms with Gasteiger partial charge >= 0.3 is 6.09 Å². The third-order valence-electron chi connectivity index (χ3n) is 4.07. The molecule has 1 fully saturated rings. The monoisotopic (exact) mass is 305 g/mol. The second kappa shape index (κ2) is 7.09. The van der Waals surface area contributed by atoms with Gasteiger partial charge in [-0.1, -0.05) is 6.07 Å². The summed E-state index contributed by atoms with van der Waals surface area (Å²) in [6.45, 7) is 5.61. The minimum atomic E-state index is -0.454. The normalized spacial score (nSPS) is 23.6. The van der Waals surface area contributed by atoms with Gasteiger partial charge in [0, 0.05) is 24.5 Å². The smallest absolute Gasteiger partial charge is 0.407 e. The molecule has 1 aliphatic carbocycles. The lowest BCUT2D eigenvalue weighted by atomic mass is 9.80. The van der Waals surface area contributed by atoms with E-state index >= 15 is 0 Å². The third kappa shape index (κ3) is 4.98. The van der Waals surface area contributed by atoms with Crippen LogP contribution in [-0.4, -0.2) is 22.7 Å². The van der Waals surface area contributed by atoms with Crippen molar-refractivity contribution >= 4 is 6.09 Å². The summed E-state index contributed by atoms with van der Waals surface area (Å²) in [5.74, 6) is 0.445. The number of carbonyl (C=O) groups excluding carboxylic acids is 1. The first kappa shape index (κ1) is 16.7. The third-order valence-corrected chi connectivity index (χ3v) is 4.07. The van der Waals surface area contributed by atoms with Crippen LogP contribution in [0.15, 0.2) is 24.5 Å². The van der Waals surface area contributed by atoms with Crippen molar-refractivity contribution in [1.29, 1.82) is 0 Å². The van der Waals surface area contributed by atoms with Crippen molar-refractivity contribution in [3.05, 3.63) is 30.1 Å². The predicted molar refractivity (Wildman–Crippen MR) is 86.3 cm³/mol. The molecule has 5 nitrogen and oxygen atoms in total. The minimum absolute atomic E-state index is 0.0242. The summed E-state index contributed by atoms with van der Waals surface area (Å²) in [6, 6.07) is 4.16. The molecule has 2 rings (SSSR count). The van der Waals surface area contributed by atoms with Crippen LogP contribution in [0.1, 0.15) is 58.1 Å². The number of nitrogens with two attached hydrogens (primary N) is 1. The molecular formula is C17H27N3O2. The Morgan fingerprint density at radius 2 is 2.05 bits per heavy atom. The van der Waals surface area contributed by atoms with Crippen molar-refractivity contribution in [1.82, 2.24) is 10.3 Å². The van der Waals surface area contributed by atoms with Gasteiger partial charge in [-0.3, -0.25) is 4.98 Å². The molecule has 0 aliphatic heterocycles. The zero-order valence-corrected chi connectivity index (χ0v) is 13.7. The second-order valence-electron chi connectivity index (χ2n) is 7.07. The van der Waals surface area contributed by atoms with Gasteiger partial charge in [0.2, 0.25) is 0 Å². The minimum Gasteiger partial charge on any atom is -0.444 e. The van der Waals surface area contributed by atoms with E-state index in [9.17, 15) is 4.79 Å². The van der Waals surface area contributed by atoms with Crippen LogP contribution in [0.2, 0.25) is 0 Å². The van der Waals surface area contributed by atoms with Crippen molar-refractivity contribution in [2.45, 2.75) is 64.1 Å². The number of carbonyl (C=O) groups is 1. The fraction of sp³-hybridized carbons (Fsp3) is 0.647. The van der Waals surface area contributed by atoms with Crippen LogP contribution in [0.4, 0.5) is 4.79 Å². The van der Waals surface area contributed by atoms with Crippen molar-refractivity contribution in [2.75, 3.05) is 0 Å². The quantitative estimate of drug-likeness (QED) is 0.899. The van der Waals surface area contributed by atoms with Gasteiger partial charge in [0.05, 0.1) is 0 Å². The molecule has 0 radical (unpaired) electrons. The Bertz CT molecular complexity index is 476. The van der Waals surface area contributed by atoms with E-state index in [0.29, 0.717) is 5.92 Å². The lowest BCUT2D eigenvalue weighted by molar-refractivity contribution is 0.0485. The van der Waals surface area contributed by atoms with E-state index in [1.807, 2.05) is 39.1 Å². The average Bonchev–Trinajstić information content (AvgIpc) is 2.46. The summed E-state index contributed by atoms with van der Waals surface area (Å²) in [5.41, 5.74) is 6.98. The van der Waals surface area contributed by atoms with E-state index in [2.05, 4.69) is 10.3 Å². The first-order chi connectivity index (χ1) is 10.3. The first-order valence-electron chi connectivity index (χ1n) is 8.00. The summed E-state index contributed by atoms with van der Waals surface area (Å²) in [4.78, 5) is 15.9. The molecule has 22 heavy (non-hydrogen) atoms. The van der Waals surface area contributed by atoms with Crippen LogP contribution in [-0.2, 0) is 4.74 Å². The molecule has 0 spiro atoms. The van der Waals surface area contributed by atoms with E-state index in [0.717, 1.165) is 31.2 Å². The molecule has 1 aliphatic rings. The van der Waals surface area contributed by atoms with Crippen molar-refractivity contribution in [3.63, 3.8) is 0 Å². The van der Waals surface area contributed by atoms with Gasteiger partial charge in [-0.05, 0) is 64.0 Å². The first-order valence-corrected chi connectivity index (χ1v) is 8.00. The number of pyridine rings is 1. The number of ether oxygens (including phenoxy) is 1. The molecule has 3 N–H and O–H groups in total. The van der Waals surface area contributed by atoms with E-state index in [1.54, 1.807) is 6.20 Å². The van der Waals surface area contributed by atoms with E-state index in [4.69, 9.17) is 10.5 Å². The number of amides is 1. The summed E-state index contributed by atoms with van der Waals surface area (Å²) in [6.07, 6.45) is 7.18. The Balaban J connectivity index is 1.79. The predicted octanol–water partition coefficient (Wildman–Crippen LogP) is 3.16. The molecule has 0 aromatic carbocycles. The molecule has 1 amide bonds. The van der Waals surface area contributed by atoms with Crippen LogP contribution < -0.4 is 11.1 Å². The van der Waals surface area contributed by atoms with Crippen LogP contribution in [0.3, 0.4) is 0 Å². The molecule has 1 heterocycles. The maximum absolute atomic E-state index is 11.8. The molecule has 1 unspecified atom stereocenters. The molecule has 1 aromatic rings. The number of hydrogen-bond acceptors (Lipinski definition) is 4. The SMILES string of the molecule is CC(C)(C)OC(=O)NC1CCC(C(N)c2cccnc2)CC1. The fourth-order valence-electron chi connectivity index (χ4n) is 2.94. The fourth-order valence-corrected chi connectivity index (χ4v) is 2.94. The molecule has 1 atom stereocenters. The average molecular weight is 305 g/mol. The molecular weight excluding hydrogens is 278 g/mol. The molecule has 0 saturated heterocycles. The molecule has 0 bridgehead atoms. The highest BCUT2D eigenvalue weighted by Crippen LogP contribution is 2.32. The van der Waals surface area contributed by atoms with E-state index in [1.165, 1.54) is 0 Å². The zero-order valence-electron chi connectivity index (χ0n) is 13.7. The molecule has 1 saturated carbocycles. The summed E-state index contributed by atoms with van der Waals surface area (Å²) in [7, 11) is 0. The molecule has 1 aromatic heterocycles. The molecule has 122 valence electrons. The Labute approximate surface area is 132 Å². The van der Waals surface area contributed by atoms with Gasteiger partial charge in [0.1, 0.15) is 5.60 Å². The van der Waals surface area contributed by atoms with Gasteiger partial charge in [0.25, 0.3) is 0 Å². The number of hydrogen-bond donors (Lipinski definition) is 2. The van der Waals surface area contributed by atoms with Crippen molar-refractivity contribution in [3.8, 4) is 0 Å². The number of nitrogens with one attached hydrogen (secondary N) is 1. The highest BCUT2D eigenvalue weighted by atomic mass is 16.6. The Morgan fingerprint density at radius 1 is 1.36 bits per heavy atom. The number of nitrogens with zero attached hydrogens (tertiary/aromatic N) is 1. The number of rotatable bonds is 3. The van der Waals surface area contributed by atoms with Gasteiger partial charge in [-0.25, -0.2) is 4.79 Å². The number of aromatic nitrogens is 1. The van der Waals surface area contributed by atoms with Crippen LogP contribution in [0, 0.1) is 5.92 Å². The Kier molecular flexibility index (Phi) is 5.40. The lowest BCUT2D eigenvalue weighted by Gasteiger charge is -2.33.